The second-order valence-corrected chi connectivity index (χ2v) is 5.51. The van der Waals surface area contributed by atoms with Crippen LogP contribution < -0.4 is 0 Å². The van der Waals surface area contributed by atoms with E-state index in [1.165, 1.54) is 0 Å². The van der Waals surface area contributed by atoms with E-state index in [1.807, 2.05) is 21.1 Å². The summed E-state index contributed by atoms with van der Waals surface area (Å²) >= 11 is 0. The van der Waals surface area contributed by atoms with Crippen LogP contribution in [0.15, 0.2) is 0 Å². The lowest BCUT2D eigenvalue weighted by Crippen LogP contribution is -2.51. The molecule has 2 atom stereocenters. The Morgan fingerprint density at radius 1 is 1.38 bits per heavy atom. The molecule has 0 heterocycles. The molecule has 0 amide bonds. The average Bonchev–Trinajstić information content (AvgIpc) is 1.97. The van der Waals surface area contributed by atoms with Gasteiger partial charge in [0.1, 0.15) is 12.1 Å². The van der Waals surface area contributed by atoms with Gasteiger partial charge < -0.3 is 19.8 Å². The molecule has 0 aromatic carbocycles. The lowest BCUT2D eigenvalue weighted by atomic mass is 9.90. The van der Waals surface area contributed by atoms with Gasteiger partial charge in [-0.2, -0.15) is 0 Å². The minimum Gasteiger partial charge on any atom is -0.481 e. The molecule has 0 aliphatic carbocycles. The van der Waals surface area contributed by atoms with Crippen LogP contribution in [0.1, 0.15) is 26.2 Å². The third kappa shape index (κ3) is 6.76. The van der Waals surface area contributed by atoms with E-state index in [9.17, 15) is 15.0 Å². The lowest BCUT2D eigenvalue weighted by Gasteiger charge is -2.35. The smallest absolute Gasteiger partial charge is 0.306 e. The van der Waals surface area contributed by atoms with Crippen LogP contribution in [0.3, 0.4) is 0 Å². The molecule has 0 rings (SSSR count). The molecule has 3 N–H and O–H groups in total. The number of aliphatic carboxylic acids is 1. The molecule has 96 valence electrons. The second kappa shape index (κ2) is 5.61. The predicted molar refractivity (Wildman–Crippen MR) is 61.0 cm³/mol. The van der Waals surface area contributed by atoms with Gasteiger partial charge in [-0.25, -0.2) is 0 Å². The highest BCUT2D eigenvalue weighted by atomic mass is 16.4. The van der Waals surface area contributed by atoms with E-state index in [-0.39, 0.29) is 12.8 Å². The van der Waals surface area contributed by atoms with Gasteiger partial charge in [-0.15, -0.1) is 0 Å². The number of hydrogen-bond donors (Lipinski definition) is 3. The second-order valence-electron chi connectivity index (χ2n) is 5.51. The minimum absolute atomic E-state index is 0.103. The number of aliphatic hydroxyl groups excluding tert-OH is 1. The molecule has 0 saturated carbocycles. The summed E-state index contributed by atoms with van der Waals surface area (Å²) in [5.41, 5.74) is -1.35. The van der Waals surface area contributed by atoms with Gasteiger partial charge in [0.05, 0.1) is 33.7 Å². The Balaban J connectivity index is 4.67. The van der Waals surface area contributed by atoms with Gasteiger partial charge in [0.2, 0.25) is 0 Å². The highest BCUT2D eigenvalue weighted by Crippen LogP contribution is 2.21. The molecule has 0 radical (unpaired) electrons. The van der Waals surface area contributed by atoms with E-state index in [1.54, 1.807) is 6.92 Å². The lowest BCUT2D eigenvalue weighted by molar-refractivity contribution is -0.877. The first kappa shape index (κ1) is 15.3. The largest absolute Gasteiger partial charge is 0.481 e. The highest BCUT2D eigenvalue weighted by Gasteiger charge is 2.37. The number of aliphatic hydroxyl groups is 2. The van der Waals surface area contributed by atoms with Crippen LogP contribution in [0.5, 0.6) is 0 Å². The maximum atomic E-state index is 10.7. The van der Waals surface area contributed by atoms with Gasteiger partial charge in [-0.1, -0.05) is 6.92 Å². The third-order valence-electron chi connectivity index (χ3n) is 2.34. The number of carbonyl (C=O) groups is 1. The fourth-order valence-electron chi connectivity index (χ4n) is 1.94. The summed E-state index contributed by atoms with van der Waals surface area (Å²) in [6, 6.07) is 0. The summed E-state index contributed by atoms with van der Waals surface area (Å²) in [5.74, 6) is -1.04. The molecule has 0 saturated heterocycles. The van der Waals surface area contributed by atoms with Gasteiger partial charge >= 0.3 is 5.97 Å². The number of quaternary nitrogens is 1. The van der Waals surface area contributed by atoms with Crippen molar-refractivity contribution in [1.82, 2.24) is 0 Å². The average molecular weight is 234 g/mol. The van der Waals surface area contributed by atoms with Crippen molar-refractivity contribution in [3.8, 4) is 0 Å². The molecule has 5 nitrogen and oxygen atoms in total. The summed E-state index contributed by atoms with van der Waals surface area (Å²) < 4.78 is 0.459. The van der Waals surface area contributed by atoms with Crippen molar-refractivity contribution in [2.45, 2.75) is 37.9 Å². The molecule has 5 heteroatoms. The molecular weight excluding hydrogens is 210 g/mol. The Morgan fingerprint density at radius 2 is 1.88 bits per heavy atom. The van der Waals surface area contributed by atoms with Crippen LogP contribution >= 0.6 is 0 Å². The Bertz CT molecular complexity index is 237. The Hall–Kier alpha value is -0.650. The first-order valence-electron chi connectivity index (χ1n) is 5.51. The Kier molecular flexibility index (Phi) is 5.38. The summed E-state index contributed by atoms with van der Waals surface area (Å²) in [4.78, 5) is 10.7. The molecule has 2 unspecified atom stereocenters. The van der Waals surface area contributed by atoms with E-state index >= 15 is 0 Å². The Morgan fingerprint density at radius 3 is 2.19 bits per heavy atom. The van der Waals surface area contributed by atoms with Crippen LogP contribution in [-0.2, 0) is 4.79 Å². The normalized spacial score (nSPS) is 17.9. The van der Waals surface area contributed by atoms with Crippen LogP contribution in [-0.4, -0.2) is 65.2 Å². The Labute approximate surface area is 96.9 Å². The number of carboxylic acids is 1. The van der Waals surface area contributed by atoms with Gasteiger partial charge in [0.15, 0.2) is 0 Å². The van der Waals surface area contributed by atoms with Crippen molar-refractivity contribution < 1.29 is 24.6 Å². The van der Waals surface area contributed by atoms with E-state index in [2.05, 4.69) is 0 Å². The number of carboxylic acid groups (broad SMARTS) is 1. The van der Waals surface area contributed by atoms with Crippen molar-refractivity contribution in [3.05, 3.63) is 0 Å². The van der Waals surface area contributed by atoms with Gasteiger partial charge in [0.25, 0.3) is 0 Å². The minimum atomic E-state index is -1.35. The zero-order valence-corrected chi connectivity index (χ0v) is 10.6. The molecule has 0 aromatic heterocycles. The number of rotatable bonds is 7. The summed E-state index contributed by atoms with van der Waals surface area (Å²) in [6.07, 6.45) is -0.375. The molecule has 16 heavy (non-hydrogen) atoms. The SMILES string of the molecule is CCC(O)CC(O)(CC(=O)O)C[N+](C)(C)C. The molecule has 0 fully saturated rings. The van der Waals surface area contributed by atoms with Crippen LogP contribution in [0.25, 0.3) is 0 Å². The first-order valence-corrected chi connectivity index (χ1v) is 5.51. The predicted octanol–water partition coefficient (Wildman–Crippen LogP) is 0.0594. The molecular formula is C11H24NO4+. The highest BCUT2D eigenvalue weighted by molar-refractivity contribution is 5.68. The maximum absolute atomic E-state index is 10.7. The molecule has 0 bridgehead atoms. The van der Waals surface area contributed by atoms with Crippen LogP contribution in [0.4, 0.5) is 0 Å². The molecule has 0 aliphatic heterocycles. The molecule has 0 aromatic rings. The van der Waals surface area contributed by atoms with E-state index in [0.717, 1.165) is 0 Å². The van der Waals surface area contributed by atoms with Crippen molar-refractivity contribution in [2.24, 2.45) is 0 Å². The molecule has 0 spiro atoms. The quantitative estimate of drug-likeness (QED) is 0.544. The zero-order valence-electron chi connectivity index (χ0n) is 10.6. The summed E-state index contributed by atoms with van der Waals surface area (Å²) in [6.45, 7) is 2.11. The number of nitrogens with zero attached hydrogens (tertiary/aromatic N) is 1. The van der Waals surface area contributed by atoms with E-state index in [4.69, 9.17) is 5.11 Å². The summed E-state index contributed by atoms with van der Waals surface area (Å²) in [7, 11) is 5.64. The van der Waals surface area contributed by atoms with Crippen molar-refractivity contribution in [2.75, 3.05) is 27.7 Å². The zero-order chi connectivity index (χ0) is 13.0. The van der Waals surface area contributed by atoms with E-state index in [0.29, 0.717) is 17.4 Å². The van der Waals surface area contributed by atoms with Gasteiger partial charge in [0, 0.05) is 6.42 Å². The van der Waals surface area contributed by atoms with Crippen molar-refractivity contribution >= 4 is 5.97 Å². The van der Waals surface area contributed by atoms with Crippen LogP contribution in [0, 0.1) is 0 Å². The van der Waals surface area contributed by atoms with Crippen molar-refractivity contribution in [3.63, 3.8) is 0 Å². The van der Waals surface area contributed by atoms with Crippen LogP contribution in [0.2, 0.25) is 0 Å². The van der Waals surface area contributed by atoms with E-state index < -0.39 is 17.7 Å². The number of hydrogen-bond acceptors (Lipinski definition) is 3. The molecule has 0 aliphatic rings. The summed E-state index contributed by atoms with van der Waals surface area (Å²) in [5, 5.41) is 28.6. The van der Waals surface area contributed by atoms with Gasteiger partial charge in [-0.3, -0.25) is 4.79 Å². The maximum Gasteiger partial charge on any atom is 0.306 e. The van der Waals surface area contributed by atoms with Gasteiger partial charge in [-0.05, 0) is 6.42 Å². The van der Waals surface area contributed by atoms with Crippen molar-refractivity contribution in [1.29, 1.82) is 0 Å². The topological polar surface area (TPSA) is 77.8 Å². The number of likely N-dealkylation sites (N-methyl/N-ethyl adjacent to an activating group) is 1. The fraction of sp³-hybridized carbons (Fsp3) is 0.909. The third-order valence-corrected chi connectivity index (χ3v) is 2.34. The standard InChI is InChI=1S/C11H23NO4/c1-5-9(13)6-11(16,7-10(14)15)8-12(2,3)4/h9,13,16H,5-8H2,1-4H3/p+1. The monoisotopic (exact) mass is 234 g/mol. The fourth-order valence-corrected chi connectivity index (χ4v) is 1.94. The first-order chi connectivity index (χ1) is 7.08.